The molecule has 0 amide bonds. The first-order chi connectivity index (χ1) is 10.3. The van der Waals surface area contributed by atoms with E-state index >= 15 is 0 Å². The molecule has 0 radical (unpaired) electrons. The van der Waals surface area contributed by atoms with Crippen LogP contribution in [0.15, 0.2) is 54.6 Å². The maximum absolute atomic E-state index is 8.88. The third-order valence-electron chi connectivity index (χ3n) is 3.52. The van der Waals surface area contributed by atoms with Gasteiger partial charge in [0.05, 0.1) is 13.2 Å². The van der Waals surface area contributed by atoms with Crippen LogP contribution in [0.4, 0.5) is 0 Å². The minimum absolute atomic E-state index is 0.163. The Balaban J connectivity index is 2.14. The van der Waals surface area contributed by atoms with Crippen LogP contribution in [0.25, 0.3) is 0 Å². The quantitative estimate of drug-likeness (QED) is 0.732. The first kappa shape index (κ1) is 15.5. The van der Waals surface area contributed by atoms with E-state index in [4.69, 9.17) is 9.84 Å². The number of rotatable bonds is 8. The number of aliphatic hydroxyl groups excluding tert-OH is 1. The summed E-state index contributed by atoms with van der Waals surface area (Å²) in [5.41, 5.74) is 2.46. The second kappa shape index (κ2) is 8.45. The summed E-state index contributed by atoms with van der Waals surface area (Å²) in [5, 5.41) is 12.5. The zero-order chi connectivity index (χ0) is 14.9. The first-order valence-electron chi connectivity index (χ1n) is 7.38. The van der Waals surface area contributed by atoms with Crippen LogP contribution in [-0.4, -0.2) is 25.4 Å². The summed E-state index contributed by atoms with van der Waals surface area (Å²) in [6, 6.07) is 18.7. The minimum atomic E-state index is 0.163. The Bertz CT molecular complexity index is 511. The van der Waals surface area contributed by atoms with Gasteiger partial charge in [0, 0.05) is 6.61 Å². The third-order valence-corrected chi connectivity index (χ3v) is 3.52. The Labute approximate surface area is 126 Å². The zero-order valence-corrected chi connectivity index (χ0v) is 12.5. The Morgan fingerprint density at radius 3 is 2.24 bits per heavy atom. The van der Waals surface area contributed by atoms with E-state index in [1.807, 2.05) is 18.2 Å². The number of hydrogen-bond donors (Lipinski definition) is 2. The van der Waals surface area contributed by atoms with Gasteiger partial charge in [-0.25, -0.2) is 0 Å². The molecule has 0 spiro atoms. The average Bonchev–Trinajstić information content (AvgIpc) is 2.56. The number of nitrogens with one attached hydrogen (secondary N) is 1. The van der Waals surface area contributed by atoms with E-state index in [1.165, 1.54) is 11.1 Å². The molecule has 2 rings (SSSR count). The molecule has 0 aliphatic heterocycles. The van der Waals surface area contributed by atoms with E-state index in [-0.39, 0.29) is 12.6 Å². The van der Waals surface area contributed by atoms with Crippen LogP contribution in [0.3, 0.4) is 0 Å². The molecular weight excluding hydrogens is 262 g/mol. The van der Waals surface area contributed by atoms with Gasteiger partial charge in [0.15, 0.2) is 0 Å². The molecule has 0 aliphatic carbocycles. The lowest BCUT2D eigenvalue weighted by Crippen LogP contribution is -2.23. The molecule has 2 aromatic rings. The molecule has 3 nitrogen and oxygen atoms in total. The third kappa shape index (κ3) is 4.59. The predicted octanol–water partition coefficient (Wildman–Crippen LogP) is 3.15. The van der Waals surface area contributed by atoms with Gasteiger partial charge in [0.25, 0.3) is 0 Å². The van der Waals surface area contributed by atoms with Crippen LogP contribution in [0.2, 0.25) is 0 Å². The molecule has 0 aliphatic rings. The van der Waals surface area contributed by atoms with Crippen molar-refractivity contribution in [3.8, 4) is 5.75 Å². The topological polar surface area (TPSA) is 41.5 Å². The van der Waals surface area contributed by atoms with Crippen molar-refractivity contribution in [3.05, 3.63) is 65.7 Å². The number of methoxy groups -OCH3 is 1. The molecular formula is C18H23NO2. The molecule has 0 fully saturated rings. The summed E-state index contributed by atoms with van der Waals surface area (Å²) in [4.78, 5) is 0. The molecule has 3 heteroatoms. The molecule has 21 heavy (non-hydrogen) atoms. The number of unbranched alkanes of at least 4 members (excludes halogenated alkanes) is 1. The van der Waals surface area contributed by atoms with E-state index in [1.54, 1.807) is 7.11 Å². The van der Waals surface area contributed by atoms with Gasteiger partial charge in [-0.3, -0.25) is 0 Å². The van der Waals surface area contributed by atoms with Crippen molar-refractivity contribution in [2.75, 3.05) is 20.3 Å². The van der Waals surface area contributed by atoms with Crippen molar-refractivity contribution in [2.24, 2.45) is 0 Å². The van der Waals surface area contributed by atoms with Crippen LogP contribution in [-0.2, 0) is 0 Å². The molecule has 2 aromatic carbocycles. The van der Waals surface area contributed by atoms with Gasteiger partial charge >= 0.3 is 0 Å². The van der Waals surface area contributed by atoms with E-state index in [0.29, 0.717) is 0 Å². The summed E-state index contributed by atoms with van der Waals surface area (Å²) in [6.45, 7) is 1.13. The fraction of sp³-hybridized carbons (Fsp3) is 0.333. The number of aliphatic hydroxyl groups is 1. The van der Waals surface area contributed by atoms with Crippen molar-refractivity contribution >= 4 is 0 Å². The van der Waals surface area contributed by atoms with E-state index in [0.717, 1.165) is 25.1 Å². The molecule has 2 N–H and O–H groups in total. The zero-order valence-electron chi connectivity index (χ0n) is 12.5. The molecule has 0 saturated carbocycles. The average molecular weight is 285 g/mol. The first-order valence-corrected chi connectivity index (χ1v) is 7.38. The summed E-state index contributed by atoms with van der Waals surface area (Å²) in [6.07, 6.45) is 1.80. The molecule has 0 aromatic heterocycles. The second-order valence-electron chi connectivity index (χ2n) is 5.00. The maximum atomic E-state index is 8.88. The highest BCUT2D eigenvalue weighted by Gasteiger charge is 2.12. The van der Waals surface area contributed by atoms with Gasteiger partial charge < -0.3 is 15.2 Å². The highest BCUT2D eigenvalue weighted by molar-refractivity contribution is 5.35. The number of hydrogen-bond acceptors (Lipinski definition) is 3. The molecule has 0 bridgehead atoms. The molecule has 1 atom stereocenters. The Morgan fingerprint density at radius 2 is 1.62 bits per heavy atom. The molecule has 0 saturated heterocycles. The van der Waals surface area contributed by atoms with Gasteiger partial charge in [-0.1, -0.05) is 42.5 Å². The van der Waals surface area contributed by atoms with Crippen LogP contribution in [0.1, 0.15) is 30.0 Å². The summed E-state index contributed by atoms with van der Waals surface area (Å²) < 4.78 is 5.22. The predicted molar refractivity (Wildman–Crippen MR) is 85.6 cm³/mol. The second-order valence-corrected chi connectivity index (χ2v) is 5.00. The van der Waals surface area contributed by atoms with Crippen molar-refractivity contribution in [2.45, 2.75) is 18.9 Å². The van der Waals surface area contributed by atoms with Crippen LogP contribution >= 0.6 is 0 Å². The van der Waals surface area contributed by atoms with E-state index < -0.39 is 0 Å². The number of ether oxygens (including phenoxy) is 1. The van der Waals surface area contributed by atoms with Crippen LogP contribution in [0.5, 0.6) is 5.75 Å². The molecule has 1 unspecified atom stereocenters. The Morgan fingerprint density at radius 1 is 0.952 bits per heavy atom. The van der Waals surface area contributed by atoms with Gasteiger partial charge in [-0.05, 0) is 42.6 Å². The van der Waals surface area contributed by atoms with Gasteiger partial charge in [-0.2, -0.15) is 0 Å². The Kier molecular flexibility index (Phi) is 6.25. The lowest BCUT2D eigenvalue weighted by atomic mass is 9.98. The molecule has 0 heterocycles. The minimum Gasteiger partial charge on any atom is -0.497 e. The lowest BCUT2D eigenvalue weighted by molar-refractivity contribution is 0.283. The monoisotopic (exact) mass is 285 g/mol. The summed E-state index contributed by atoms with van der Waals surface area (Å²) >= 11 is 0. The van der Waals surface area contributed by atoms with Crippen molar-refractivity contribution in [1.82, 2.24) is 5.32 Å². The molecule has 112 valence electrons. The van der Waals surface area contributed by atoms with Crippen LogP contribution < -0.4 is 10.1 Å². The summed E-state index contributed by atoms with van der Waals surface area (Å²) in [5.74, 6) is 0.867. The fourth-order valence-electron chi connectivity index (χ4n) is 2.35. The number of benzene rings is 2. The summed E-state index contributed by atoms with van der Waals surface area (Å²) in [7, 11) is 1.68. The Hall–Kier alpha value is -1.84. The van der Waals surface area contributed by atoms with Gasteiger partial charge in [0.1, 0.15) is 5.75 Å². The van der Waals surface area contributed by atoms with Crippen LogP contribution in [0, 0.1) is 0 Å². The maximum Gasteiger partial charge on any atom is 0.118 e. The SMILES string of the molecule is COc1ccc(C(NCCCCO)c2ccccc2)cc1. The van der Waals surface area contributed by atoms with E-state index in [2.05, 4.69) is 41.7 Å². The smallest absolute Gasteiger partial charge is 0.118 e. The van der Waals surface area contributed by atoms with E-state index in [9.17, 15) is 0 Å². The largest absolute Gasteiger partial charge is 0.497 e. The fourth-order valence-corrected chi connectivity index (χ4v) is 2.35. The van der Waals surface area contributed by atoms with Gasteiger partial charge in [-0.15, -0.1) is 0 Å². The van der Waals surface area contributed by atoms with Gasteiger partial charge in [0.2, 0.25) is 0 Å². The normalized spacial score (nSPS) is 12.1. The van der Waals surface area contributed by atoms with Crippen molar-refractivity contribution in [3.63, 3.8) is 0 Å². The standard InChI is InChI=1S/C18H23NO2/c1-21-17-11-9-16(10-12-17)18(19-13-5-6-14-20)15-7-3-2-4-8-15/h2-4,7-12,18-20H,5-6,13-14H2,1H3. The van der Waals surface area contributed by atoms with Crippen molar-refractivity contribution in [1.29, 1.82) is 0 Å². The highest BCUT2D eigenvalue weighted by Crippen LogP contribution is 2.24. The lowest BCUT2D eigenvalue weighted by Gasteiger charge is -2.20. The van der Waals surface area contributed by atoms with Crippen molar-refractivity contribution < 1.29 is 9.84 Å². The highest BCUT2D eigenvalue weighted by atomic mass is 16.5.